The molecule has 3 nitrogen and oxygen atoms in total. The molecular weight excluding hydrogens is 272 g/mol. The molecule has 0 radical (unpaired) electrons. The summed E-state index contributed by atoms with van der Waals surface area (Å²) in [4.78, 5) is 4.80. The summed E-state index contributed by atoms with van der Waals surface area (Å²) in [5, 5.41) is 0. The second-order valence-electron chi connectivity index (χ2n) is 6.74. The van der Waals surface area contributed by atoms with Crippen molar-refractivity contribution in [2.24, 2.45) is 0 Å². The fraction of sp³-hybridized carbons (Fsp3) is 0.684. The third kappa shape index (κ3) is 5.62. The van der Waals surface area contributed by atoms with Crippen LogP contribution in [0.3, 0.4) is 0 Å². The molecule has 1 aromatic rings. The Morgan fingerprint density at radius 3 is 2.82 bits per heavy atom. The SMILES string of the molecule is CC1CCCCN1CCOc1ccccc1CCCN(C)C. The molecule has 0 saturated carbocycles. The number of nitrogens with zero attached hydrogens (tertiary/aromatic N) is 2. The molecule has 0 N–H and O–H groups in total. The Morgan fingerprint density at radius 1 is 1.23 bits per heavy atom. The molecular formula is C19H32N2O. The molecule has 1 aromatic carbocycles. The van der Waals surface area contributed by atoms with Gasteiger partial charge in [0, 0.05) is 12.6 Å². The molecule has 1 aliphatic heterocycles. The zero-order valence-electron chi connectivity index (χ0n) is 14.6. The van der Waals surface area contributed by atoms with Crippen molar-refractivity contribution in [1.82, 2.24) is 9.80 Å². The van der Waals surface area contributed by atoms with E-state index in [-0.39, 0.29) is 0 Å². The van der Waals surface area contributed by atoms with E-state index >= 15 is 0 Å². The van der Waals surface area contributed by atoms with Crippen molar-refractivity contribution in [3.05, 3.63) is 29.8 Å². The normalized spacial score (nSPS) is 19.5. The number of hydrogen-bond donors (Lipinski definition) is 0. The molecule has 1 heterocycles. The molecule has 2 rings (SSSR count). The number of ether oxygens (including phenoxy) is 1. The minimum absolute atomic E-state index is 0.715. The molecule has 0 aliphatic carbocycles. The van der Waals surface area contributed by atoms with E-state index in [9.17, 15) is 0 Å². The quantitative estimate of drug-likeness (QED) is 0.732. The lowest BCUT2D eigenvalue weighted by molar-refractivity contribution is 0.133. The first-order chi connectivity index (χ1) is 10.7. The Morgan fingerprint density at radius 2 is 2.05 bits per heavy atom. The number of benzene rings is 1. The average molecular weight is 304 g/mol. The highest BCUT2D eigenvalue weighted by Crippen LogP contribution is 2.20. The highest BCUT2D eigenvalue weighted by atomic mass is 16.5. The van der Waals surface area contributed by atoms with Crippen LogP contribution in [0.4, 0.5) is 0 Å². The van der Waals surface area contributed by atoms with E-state index in [0.717, 1.165) is 31.9 Å². The number of hydrogen-bond acceptors (Lipinski definition) is 3. The van der Waals surface area contributed by atoms with Gasteiger partial charge >= 0.3 is 0 Å². The maximum Gasteiger partial charge on any atom is 0.122 e. The van der Waals surface area contributed by atoms with Crippen LogP contribution in [0, 0.1) is 0 Å². The summed E-state index contributed by atoms with van der Waals surface area (Å²) in [6, 6.07) is 9.23. The smallest absolute Gasteiger partial charge is 0.122 e. The van der Waals surface area contributed by atoms with Gasteiger partial charge in [0.15, 0.2) is 0 Å². The largest absolute Gasteiger partial charge is 0.492 e. The van der Waals surface area contributed by atoms with Crippen molar-refractivity contribution in [2.45, 2.75) is 45.1 Å². The van der Waals surface area contributed by atoms with Crippen LogP contribution in [0.25, 0.3) is 0 Å². The molecule has 1 saturated heterocycles. The number of piperidine rings is 1. The van der Waals surface area contributed by atoms with Crippen LogP contribution in [0.1, 0.15) is 38.2 Å². The highest BCUT2D eigenvalue weighted by molar-refractivity contribution is 5.33. The predicted molar refractivity (Wildman–Crippen MR) is 93.7 cm³/mol. The van der Waals surface area contributed by atoms with E-state index in [1.165, 1.54) is 37.8 Å². The Labute approximate surface area is 136 Å². The van der Waals surface area contributed by atoms with Gasteiger partial charge in [-0.1, -0.05) is 24.6 Å². The highest BCUT2D eigenvalue weighted by Gasteiger charge is 2.17. The van der Waals surface area contributed by atoms with Gasteiger partial charge in [0.05, 0.1) is 0 Å². The lowest BCUT2D eigenvalue weighted by atomic mass is 10.0. The number of aryl methyl sites for hydroxylation is 1. The number of rotatable bonds is 8. The van der Waals surface area contributed by atoms with Gasteiger partial charge in [-0.3, -0.25) is 4.90 Å². The van der Waals surface area contributed by atoms with Crippen molar-refractivity contribution >= 4 is 0 Å². The van der Waals surface area contributed by atoms with Gasteiger partial charge < -0.3 is 9.64 Å². The van der Waals surface area contributed by atoms with Gasteiger partial charge in [-0.05, 0) is 71.4 Å². The van der Waals surface area contributed by atoms with Gasteiger partial charge in [0.1, 0.15) is 12.4 Å². The van der Waals surface area contributed by atoms with Crippen LogP contribution in [0.5, 0.6) is 5.75 Å². The first-order valence-electron chi connectivity index (χ1n) is 8.76. The second-order valence-corrected chi connectivity index (χ2v) is 6.74. The lowest BCUT2D eigenvalue weighted by Crippen LogP contribution is -2.39. The predicted octanol–water partition coefficient (Wildman–Crippen LogP) is 3.43. The van der Waals surface area contributed by atoms with Gasteiger partial charge in [-0.2, -0.15) is 0 Å². The molecule has 1 atom stereocenters. The fourth-order valence-corrected chi connectivity index (χ4v) is 3.20. The van der Waals surface area contributed by atoms with Gasteiger partial charge in [0.25, 0.3) is 0 Å². The molecule has 3 heteroatoms. The van der Waals surface area contributed by atoms with Crippen LogP contribution in [-0.4, -0.2) is 56.2 Å². The lowest BCUT2D eigenvalue weighted by Gasteiger charge is -2.33. The minimum Gasteiger partial charge on any atom is -0.492 e. The zero-order valence-corrected chi connectivity index (χ0v) is 14.6. The van der Waals surface area contributed by atoms with E-state index in [2.05, 4.69) is 55.1 Å². The molecule has 0 amide bonds. The Bertz CT molecular complexity index is 433. The van der Waals surface area contributed by atoms with Crippen LogP contribution in [0.2, 0.25) is 0 Å². The van der Waals surface area contributed by atoms with E-state index in [4.69, 9.17) is 4.74 Å². The first-order valence-corrected chi connectivity index (χ1v) is 8.76. The minimum atomic E-state index is 0.715. The maximum atomic E-state index is 6.09. The van der Waals surface area contributed by atoms with Gasteiger partial charge in [0.2, 0.25) is 0 Å². The summed E-state index contributed by atoms with van der Waals surface area (Å²) in [5.41, 5.74) is 1.34. The second kappa shape index (κ2) is 9.16. The van der Waals surface area contributed by atoms with Crippen molar-refractivity contribution in [3.8, 4) is 5.75 Å². The summed E-state index contributed by atoms with van der Waals surface area (Å²) in [7, 11) is 4.25. The summed E-state index contributed by atoms with van der Waals surface area (Å²) >= 11 is 0. The van der Waals surface area contributed by atoms with Crippen LogP contribution in [-0.2, 0) is 6.42 Å². The average Bonchev–Trinajstić information content (AvgIpc) is 2.50. The van der Waals surface area contributed by atoms with E-state index in [1.807, 2.05) is 0 Å². The first kappa shape index (κ1) is 17.3. The van der Waals surface area contributed by atoms with Crippen LogP contribution >= 0.6 is 0 Å². The maximum absolute atomic E-state index is 6.09. The van der Waals surface area contributed by atoms with Crippen molar-refractivity contribution < 1.29 is 4.74 Å². The molecule has 0 bridgehead atoms. The summed E-state index contributed by atoms with van der Waals surface area (Å²) in [6.45, 7) is 6.55. The van der Waals surface area contributed by atoms with E-state index in [1.54, 1.807) is 0 Å². The number of likely N-dealkylation sites (tertiary alicyclic amines) is 1. The topological polar surface area (TPSA) is 15.7 Å². The summed E-state index contributed by atoms with van der Waals surface area (Å²) in [6.07, 6.45) is 6.32. The monoisotopic (exact) mass is 304 g/mol. The van der Waals surface area contributed by atoms with Gasteiger partial charge in [-0.25, -0.2) is 0 Å². The van der Waals surface area contributed by atoms with E-state index < -0.39 is 0 Å². The molecule has 1 unspecified atom stereocenters. The third-order valence-electron chi connectivity index (χ3n) is 4.60. The fourth-order valence-electron chi connectivity index (χ4n) is 3.20. The van der Waals surface area contributed by atoms with Crippen molar-refractivity contribution in [1.29, 1.82) is 0 Å². The van der Waals surface area contributed by atoms with Crippen LogP contribution in [0.15, 0.2) is 24.3 Å². The molecule has 124 valence electrons. The Balaban J connectivity index is 1.79. The Hall–Kier alpha value is -1.06. The van der Waals surface area contributed by atoms with Gasteiger partial charge in [-0.15, -0.1) is 0 Å². The zero-order chi connectivity index (χ0) is 15.8. The molecule has 22 heavy (non-hydrogen) atoms. The standard InChI is InChI=1S/C19H32N2O/c1-17-9-6-7-14-21(17)15-16-22-19-12-5-4-10-18(19)11-8-13-20(2)3/h4-5,10,12,17H,6-9,11,13-16H2,1-3H3. The van der Waals surface area contributed by atoms with Crippen molar-refractivity contribution in [3.63, 3.8) is 0 Å². The molecule has 0 spiro atoms. The molecule has 1 aliphatic rings. The third-order valence-corrected chi connectivity index (χ3v) is 4.60. The van der Waals surface area contributed by atoms with E-state index in [0.29, 0.717) is 6.04 Å². The van der Waals surface area contributed by atoms with Crippen molar-refractivity contribution in [2.75, 3.05) is 40.3 Å². The summed E-state index contributed by atoms with van der Waals surface area (Å²) < 4.78 is 6.09. The molecule has 1 fully saturated rings. The summed E-state index contributed by atoms with van der Waals surface area (Å²) in [5.74, 6) is 1.07. The molecule has 0 aromatic heterocycles. The Kier molecular flexibility index (Phi) is 7.20. The van der Waals surface area contributed by atoms with Crippen LogP contribution < -0.4 is 4.74 Å². The number of para-hydroxylation sites is 1.